The molecule has 1 heterocycles. The molecule has 1 rings (SSSR count). The van der Waals surface area contributed by atoms with Gasteiger partial charge in [0.1, 0.15) is 0 Å². The highest BCUT2D eigenvalue weighted by Gasteiger charge is 2.19. The first-order valence-corrected chi connectivity index (χ1v) is 6.29. The van der Waals surface area contributed by atoms with Crippen molar-refractivity contribution in [2.75, 3.05) is 0 Å². The molecule has 1 unspecified atom stereocenters. The number of hydrogen-bond donors (Lipinski definition) is 2. The first kappa shape index (κ1) is 13.3. The van der Waals surface area contributed by atoms with Gasteiger partial charge < -0.3 is 4.42 Å². The van der Waals surface area contributed by atoms with E-state index in [9.17, 15) is 0 Å². The quantitative estimate of drug-likeness (QED) is 0.527. The molecule has 3 heteroatoms. The molecule has 0 bridgehead atoms. The summed E-state index contributed by atoms with van der Waals surface area (Å²) in [6.07, 6.45) is 9.39. The van der Waals surface area contributed by atoms with E-state index in [0.29, 0.717) is 12.0 Å². The van der Waals surface area contributed by atoms with Gasteiger partial charge in [-0.05, 0) is 36.8 Å². The van der Waals surface area contributed by atoms with Crippen molar-refractivity contribution < 1.29 is 4.42 Å². The molecular formula is C13H24N2O. The predicted molar refractivity (Wildman–Crippen MR) is 66.8 cm³/mol. The largest absolute Gasteiger partial charge is 0.472 e. The van der Waals surface area contributed by atoms with Gasteiger partial charge in [-0.25, -0.2) is 0 Å². The molecule has 0 spiro atoms. The fourth-order valence-corrected chi connectivity index (χ4v) is 2.31. The van der Waals surface area contributed by atoms with E-state index in [1.54, 1.807) is 12.5 Å². The fraction of sp³-hybridized carbons (Fsp3) is 0.692. The van der Waals surface area contributed by atoms with Crippen LogP contribution >= 0.6 is 0 Å². The summed E-state index contributed by atoms with van der Waals surface area (Å²) in [6, 6.07) is 2.37. The second kappa shape index (κ2) is 7.47. The highest BCUT2D eigenvalue weighted by molar-refractivity contribution is 5.07. The van der Waals surface area contributed by atoms with E-state index in [-0.39, 0.29) is 0 Å². The monoisotopic (exact) mass is 224 g/mol. The van der Waals surface area contributed by atoms with Gasteiger partial charge >= 0.3 is 0 Å². The molecule has 0 aromatic carbocycles. The van der Waals surface area contributed by atoms with Crippen molar-refractivity contribution in [1.82, 2.24) is 5.43 Å². The maximum atomic E-state index is 5.67. The maximum Gasteiger partial charge on any atom is 0.0935 e. The number of hydrogen-bond acceptors (Lipinski definition) is 3. The van der Waals surface area contributed by atoms with Crippen LogP contribution in [-0.4, -0.2) is 6.04 Å². The summed E-state index contributed by atoms with van der Waals surface area (Å²) >= 11 is 0. The van der Waals surface area contributed by atoms with Gasteiger partial charge in [0.25, 0.3) is 0 Å². The summed E-state index contributed by atoms with van der Waals surface area (Å²) in [5.41, 5.74) is 4.19. The number of furan rings is 1. The lowest BCUT2D eigenvalue weighted by Crippen LogP contribution is -2.42. The van der Waals surface area contributed by atoms with Crippen molar-refractivity contribution >= 4 is 0 Å². The molecule has 0 aliphatic rings. The standard InChI is InChI=1S/C13H24N2O/c1-3-5-12(6-4-2)13(15-14)9-11-7-8-16-10-11/h7-8,10,12-13,15H,3-6,9,14H2,1-2H3. The molecule has 3 N–H and O–H groups in total. The normalized spacial score (nSPS) is 13.2. The first-order chi connectivity index (χ1) is 7.81. The van der Waals surface area contributed by atoms with E-state index in [0.717, 1.165) is 6.42 Å². The van der Waals surface area contributed by atoms with Gasteiger partial charge in [0.05, 0.1) is 12.5 Å². The summed E-state index contributed by atoms with van der Waals surface area (Å²) in [5.74, 6) is 6.33. The van der Waals surface area contributed by atoms with Crippen molar-refractivity contribution in [2.45, 2.75) is 52.0 Å². The van der Waals surface area contributed by atoms with Crippen molar-refractivity contribution in [3.05, 3.63) is 24.2 Å². The third-order valence-corrected chi connectivity index (χ3v) is 3.14. The van der Waals surface area contributed by atoms with Crippen LogP contribution in [0.3, 0.4) is 0 Å². The van der Waals surface area contributed by atoms with Gasteiger partial charge in [-0.3, -0.25) is 11.3 Å². The third-order valence-electron chi connectivity index (χ3n) is 3.14. The Morgan fingerprint density at radius 1 is 1.31 bits per heavy atom. The Kier molecular flexibility index (Phi) is 6.19. The van der Waals surface area contributed by atoms with E-state index < -0.39 is 0 Å². The van der Waals surface area contributed by atoms with Crippen LogP contribution in [0, 0.1) is 5.92 Å². The van der Waals surface area contributed by atoms with E-state index in [2.05, 4.69) is 19.3 Å². The number of nitrogens with one attached hydrogen (secondary N) is 1. The molecule has 3 nitrogen and oxygen atoms in total. The Bertz CT molecular complexity index is 253. The van der Waals surface area contributed by atoms with E-state index in [1.807, 2.05) is 6.07 Å². The minimum Gasteiger partial charge on any atom is -0.472 e. The lowest BCUT2D eigenvalue weighted by atomic mass is 9.87. The molecular weight excluding hydrogens is 200 g/mol. The van der Waals surface area contributed by atoms with Crippen molar-refractivity contribution in [3.8, 4) is 0 Å². The van der Waals surface area contributed by atoms with Gasteiger partial charge in [-0.15, -0.1) is 0 Å². The average Bonchev–Trinajstić information content (AvgIpc) is 2.78. The molecule has 0 aliphatic heterocycles. The summed E-state index contributed by atoms with van der Waals surface area (Å²) in [5, 5.41) is 0. The molecule has 0 amide bonds. The van der Waals surface area contributed by atoms with Crippen molar-refractivity contribution in [1.29, 1.82) is 0 Å². The van der Waals surface area contributed by atoms with Gasteiger partial charge in [-0.1, -0.05) is 26.7 Å². The average molecular weight is 224 g/mol. The summed E-state index contributed by atoms with van der Waals surface area (Å²) in [7, 11) is 0. The van der Waals surface area contributed by atoms with Crippen LogP contribution in [0.1, 0.15) is 45.1 Å². The highest BCUT2D eigenvalue weighted by atomic mass is 16.3. The summed E-state index contributed by atoms with van der Waals surface area (Å²) < 4.78 is 5.09. The Morgan fingerprint density at radius 3 is 2.44 bits per heavy atom. The first-order valence-electron chi connectivity index (χ1n) is 6.29. The van der Waals surface area contributed by atoms with E-state index in [1.165, 1.54) is 31.2 Å². The highest BCUT2D eigenvalue weighted by Crippen LogP contribution is 2.20. The van der Waals surface area contributed by atoms with E-state index in [4.69, 9.17) is 10.3 Å². The zero-order chi connectivity index (χ0) is 11.8. The molecule has 1 aromatic heterocycles. The Labute approximate surface area is 98.4 Å². The molecule has 92 valence electrons. The molecule has 0 saturated carbocycles. The topological polar surface area (TPSA) is 51.2 Å². The van der Waals surface area contributed by atoms with Crippen molar-refractivity contribution in [3.63, 3.8) is 0 Å². The summed E-state index contributed by atoms with van der Waals surface area (Å²) in [4.78, 5) is 0. The SMILES string of the molecule is CCCC(CCC)C(Cc1ccoc1)NN. The Morgan fingerprint density at radius 2 is 2.00 bits per heavy atom. The zero-order valence-electron chi connectivity index (χ0n) is 10.4. The van der Waals surface area contributed by atoms with Crippen LogP contribution in [-0.2, 0) is 6.42 Å². The molecule has 0 saturated heterocycles. The lowest BCUT2D eigenvalue weighted by Gasteiger charge is -2.25. The third kappa shape index (κ3) is 3.99. The van der Waals surface area contributed by atoms with Crippen LogP contribution in [0.25, 0.3) is 0 Å². The second-order valence-electron chi connectivity index (χ2n) is 4.45. The Hall–Kier alpha value is -0.800. The van der Waals surface area contributed by atoms with E-state index >= 15 is 0 Å². The molecule has 1 aromatic rings. The van der Waals surface area contributed by atoms with Gasteiger partial charge in [-0.2, -0.15) is 0 Å². The van der Waals surface area contributed by atoms with Crippen LogP contribution in [0.15, 0.2) is 23.0 Å². The van der Waals surface area contributed by atoms with Crippen molar-refractivity contribution in [2.24, 2.45) is 11.8 Å². The minimum atomic E-state index is 0.359. The summed E-state index contributed by atoms with van der Waals surface area (Å²) in [6.45, 7) is 4.46. The number of hydrazine groups is 1. The molecule has 0 fully saturated rings. The fourth-order valence-electron chi connectivity index (χ4n) is 2.31. The zero-order valence-corrected chi connectivity index (χ0v) is 10.4. The van der Waals surface area contributed by atoms with Gasteiger partial charge in [0, 0.05) is 6.04 Å². The second-order valence-corrected chi connectivity index (χ2v) is 4.45. The lowest BCUT2D eigenvalue weighted by molar-refractivity contribution is 0.311. The van der Waals surface area contributed by atoms with Crippen LogP contribution in [0.5, 0.6) is 0 Å². The van der Waals surface area contributed by atoms with Crippen LogP contribution in [0.2, 0.25) is 0 Å². The Balaban J connectivity index is 2.55. The number of nitrogens with two attached hydrogens (primary N) is 1. The number of rotatable bonds is 8. The van der Waals surface area contributed by atoms with Crippen LogP contribution < -0.4 is 11.3 Å². The maximum absolute atomic E-state index is 5.67. The van der Waals surface area contributed by atoms with Gasteiger partial charge in [0.15, 0.2) is 0 Å². The minimum absolute atomic E-state index is 0.359. The van der Waals surface area contributed by atoms with Crippen LogP contribution in [0.4, 0.5) is 0 Å². The molecule has 1 atom stereocenters. The smallest absolute Gasteiger partial charge is 0.0935 e. The van der Waals surface area contributed by atoms with Gasteiger partial charge in [0.2, 0.25) is 0 Å². The molecule has 0 aliphatic carbocycles. The molecule has 16 heavy (non-hydrogen) atoms. The molecule has 0 radical (unpaired) electrons. The predicted octanol–water partition coefficient (Wildman–Crippen LogP) is 2.87.